The number of nitrogen functional groups attached to an aromatic ring is 1. The van der Waals surface area contributed by atoms with Gasteiger partial charge in [0.15, 0.2) is 0 Å². The van der Waals surface area contributed by atoms with E-state index >= 15 is 0 Å². The van der Waals surface area contributed by atoms with Gasteiger partial charge in [0.25, 0.3) is 0 Å². The smallest absolute Gasteiger partial charge is 0.213 e. The lowest BCUT2D eigenvalue weighted by molar-refractivity contribution is 0.203. The third-order valence-electron chi connectivity index (χ3n) is 2.95. The molecule has 1 aromatic heterocycles. The lowest BCUT2D eigenvalue weighted by atomic mass is 9.90. The Labute approximate surface area is 90.7 Å². The van der Waals surface area contributed by atoms with E-state index in [9.17, 15) is 0 Å². The monoisotopic (exact) mass is 206 g/mol. The van der Waals surface area contributed by atoms with Crippen molar-refractivity contribution >= 4 is 5.69 Å². The molecule has 0 amide bonds. The molecule has 3 heteroatoms. The Bertz CT molecular complexity index is 291. The molecule has 0 saturated heterocycles. The van der Waals surface area contributed by atoms with Crippen LogP contribution in [0.3, 0.4) is 0 Å². The van der Waals surface area contributed by atoms with Crippen LogP contribution in [0.2, 0.25) is 0 Å². The molecular formula is C12H18N2O. The van der Waals surface area contributed by atoms with Crippen LogP contribution in [-0.2, 0) is 0 Å². The zero-order valence-corrected chi connectivity index (χ0v) is 8.98. The SMILES string of the molecule is Nc1ccc(OCC2CCCCC2)nc1. The minimum Gasteiger partial charge on any atom is -0.477 e. The molecule has 3 nitrogen and oxygen atoms in total. The summed E-state index contributed by atoms with van der Waals surface area (Å²) in [5, 5.41) is 0. The number of hydrogen-bond donors (Lipinski definition) is 1. The number of aromatic nitrogens is 1. The van der Waals surface area contributed by atoms with E-state index < -0.39 is 0 Å². The van der Waals surface area contributed by atoms with Crippen LogP contribution in [0, 0.1) is 5.92 Å². The van der Waals surface area contributed by atoms with E-state index in [1.165, 1.54) is 32.1 Å². The van der Waals surface area contributed by atoms with Gasteiger partial charge >= 0.3 is 0 Å². The third kappa shape index (κ3) is 3.11. The standard InChI is InChI=1S/C12H18N2O/c13-11-6-7-12(14-8-11)15-9-10-4-2-1-3-5-10/h6-8,10H,1-5,9,13H2. The van der Waals surface area contributed by atoms with Gasteiger partial charge in [-0.1, -0.05) is 19.3 Å². The number of nitrogens with two attached hydrogens (primary N) is 1. The van der Waals surface area contributed by atoms with Gasteiger partial charge in [-0.2, -0.15) is 0 Å². The average Bonchev–Trinajstić information content (AvgIpc) is 2.30. The highest BCUT2D eigenvalue weighted by molar-refractivity contribution is 5.35. The molecule has 1 saturated carbocycles. The highest BCUT2D eigenvalue weighted by Gasteiger charge is 2.13. The summed E-state index contributed by atoms with van der Waals surface area (Å²) in [4.78, 5) is 4.12. The molecule has 82 valence electrons. The van der Waals surface area contributed by atoms with Gasteiger partial charge in [0.1, 0.15) is 0 Å². The topological polar surface area (TPSA) is 48.1 Å². The number of rotatable bonds is 3. The van der Waals surface area contributed by atoms with Crippen molar-refractivity contribution in [2.45, 2.75) is 32.1 Å². The van der Waals surface area contributed by atoms with Gasteiger partial charge in [-0.25, -0.2) is 4.98 Å². The Morgan fingerprint density at radius 2 is 2.07 bits per heavy atom. The summed E-state index contributed by atoms with van der Waals surface area (Å²) >= 11 is 0. The van der Waals surface area contributed by atoms with E-state index in [1.807, 2.05) is 12.1 Å². The van der Waals surface area contributed by atoms with Crippen LogP contribution in [0.25, 0.3) is 0 Å². The maximum absolute atomic E-state index is 5.63. The van der Waals surface area contributed by atoms with E-state index in [2.05, 4.69) is 4.98 Å². The van der Waals surface area contributed by atoms with E-state index in [4.69, 9.17) is 10.5 Å². The summed E-state index contributed by atoms with van der Waals surface area (Å²) in [5.74, 6) is 1.41. The second-order valence-electron chi connectivity index (χ2n) is 4.24. The highest BCUT2D eigenvalue weighted by atomic mass is 16.5. The van der Waals surface area contributed by atoms with Gasteiger partial charge in [-0.05, 0) is 24.8 Å². The summed E-state index contributed by atoms with van der Waals surface area (Å²) in [6, 6.07) is 3.65. The summed E-state index contributed by atoms with van der Waals surface area (Å²) in [6.07, 6.45) is 8.32. The van der Waals surface area contributed by atoms with Crippen LogP contribution in [0.1, 0.15) is 32.1 Å². The second kappa shape index (κ2) is 5.01. The maximum Gasteiger partial charge on any atom is 0.213 e. The first-order chi connectivity index (χ1) is 7.34. The first-order valence-electron chi connectivity index (χ1n) is 5.69. The zero-order chi connectivity index (χ0) is 10.5. The number of pyridine rings is 1. The largest absolute Gasteiger partial charge is 0.477 e. The van der Waals surface area contributed by atoms with Gasteiger partial charge in [0, 0.05) is 6.07 Å². The third-order valence-corrected chi connectivity index (χ3v) is 2.95. The van der Waals surface area contributed by atoms with E-state index in [0.29, 0.717) is 11.6 Å². The molecule has 1 aliphatic rings. The van der Waals surface area contributed by atoms with E-state index in [-0.39, 0.29) is 0 Å². The molecule has 0 atom stereocenters. The van der Waals surface area contributed by atoms with Gasteiger partial charge < -0.3 is 10.5 Å². The number of ether oxygens (including phenoxy) is 1. The van der Waals surface area contributed by atoms with Crippen molar-refractivity contribution in [2.24, 2.45) is 5.92 Å². The van der Waals surface area contributed by atoms with E-state index in [0.717, 1.165) is 12.5 Å². The van der Waals surface area contributed by atoms with E-state index in [1.54, 1.807) is 6.20 Å². The summed E-state index contributed by atoms with van der Waals surface area (Å²) in [6.45, 7) is 0.802. The molecule has 0 spiro atoms. The van der Waals surface area contributed by atoms with Crippen molar-refractivity contribution < 1.29 is 4.74 Å². The Morgan fingerprint density at radius 3 is 2.73 bits per heavy atom. The summed E-state index contributed by atoms with van der Waals surface area (Å²) in [5.41, 5.74) is 6.23. The molecule has 0 unspecified atom stereocenters. The average molecular weight is 206 g/mol. The Balaban J connectivity index is 1.79. The van der Waals surface area contributed by atoms with Crippen molar-refractivity contribution in [1.82, 2.24) is 4.98 Å². The Kier molecular flexibility index (Phi) is 3.43. The van der Waals surface area contributed by atoms with Crippen LogP contribution >= 0.6 is 0 Å². The molecule has 0 bridgehead atoms. The number of hydrogen-bond acceptors (Lipinski definition) is 3. The molecule has 0 aliphatic heterocycles. The predicted molar refractivity (Wildman–Crippen MR) is 60.7 cm³/mol. The zero-order valence-electron chi connectivity index (χ0n) is 8.98. The quantitative estimate of drug-likeness (QED) is 0.827. The van der Waals surface area contributed by atoms with Crippen LogP contribution in [0.5, 0.6) is 5.88 Å². The molecule has 2 rings (SSSR count). The fourth-order valence-electron chi connectivity index (χ4n) is 2.03. The molecule has 15 heavy (non-hydrogen) atoms. The minimum atomic E-state index is 0.681. The predicted octanol–water partition coefficient (Wildman–Crippen LogP) is 2.62. The highest BCUT2D eigenvalue weighted by Crippen LogP contribution is 2.24. The first kappa shape index (κ1) is 10.3. The fraction of sp³-hybridized carbons (Fsp3) is 0.583. The Morgan fingerprint density at radius 1 is 1.27 bits per heavy atom. The van der Waals surface area contributed by atoms with Crippen LogP contribution in [0.4, 0.5) is 5.69 Å². The van der Waals surface area contributed by atoms with Crippen molar-refractivity contribution in [3.63, 3.8) is 0 Å². The first-order valence-corrected chi connectivity index (χ1v) is 5.69. The van der Waals surface area contributed by atoms with Crippen molar-refractivity contribution in [3.05, 3.63) is 18.3 Å². The van der Waals surface area contributed by atoms with Gasteiger partial charge in [0.05, 0.1) is 18.5 Å². The molecule has 0 aromatic carbocycles. The van der Waals surface area contributed by atoms with Gasteiger partial charge in [-0.3, -0.25) is 0 Å². The molecule has 2 N–H and O–H groups in total. The summed E-state index contributed by atoms with van der Waals surface area (Å²) in [7, 11) is 0. The lowest BCUT2D eigenvalue weighted by Crippen LogP contribution is -2.15. The van der Waals surface area contributed by atoms with Crippen molar-refractivity contribution in [2.75, 3.05) is 12.3 Å². The molecule has 1 heterocycles. The normalized spacial score (nSPS) is 17.6. The minimum absolute atomic E-state index is 0.681. The van der Waals surface area contributed by atoms with Crippen LogP contribution in [0.15, 0.2) is 18.3 Å². The summed E-state index contributed by atoms with van der Waals surface area (Å²) < 4.78 is 5.63. The molecule has 1 aromatic rings. The second-order valence-corrected chi connectivity index (χ2v) is 4.24. The van der Waals surface area contributed by atoms with Crippen LogP contribution < -0.4 is 10.5 Å². The number of nitrogens with zero attached hydrogens (tertiary/aromatic N) is 1. The molecular weight excluding hydrogens is 188 g/mol. The lowest BCUT2D eigenvalue weighted by Gasteiger charge is -2.21. The van der Waals surface area contributed by atoms with Crippen molar-refractivity contribution in [3.8, 4) is 5.88 Å². The fourth-order valence-corrected chi connectivity index (χ4v) is 2.03. The van der Waals surface area contributed by atoms with Gasteiger partial charge in [0.2, 0.25) is 5.88 Å². The van der Waals surface area contributed by atoms with Crippen molar-refractivity contribution in [1.29, 1.82) is 0 Å². The van der Waals surface area contributed by atoms with Crippen LogP contribution in [-0.4, -0.2) is 11.6 Å². The molecule has 0 radical (unpaired) electrons. The Hall–Kier alpha value is -1.25. The molecule has 1 aliphatic carbocycles. The number of anilines is 1. The molecule has 1 fully saturated rings. The maximum atomic E-state index is 5.63. The van der Waals surface area contributed by atoms with Gasteiger partial charge in [-0.15, -0.1) is 0 Å².